The number of hydrogen-bond donors (Lipinski definition) is 0. The molecule has 1 aliphatic heterocycles. The summed E-state index contributed by atoms with van der Waals surface area (Å²) in [5.41, 5.74) is 5.25. The molecular weight excluding hydrogens is 284 g/mol. The average molecular weight is 311 g/mol. The van der Waals surface area contributed by atoms with Gasteiger partial charge in [0.15, 0.2) is 0 Å². The molecule has 3 rings (SSSR count). The first-order chi connectivity index (χ1) is 11.2. The Morgan fingerprint density at radius 2 is 2.00 bits per heavy atom. The van der Waals surface area contributed by atoms with Gasteiger partial charge in [0.1, 0.15) is 0 Å². The van der Waals surface area contributed by atoms with Gasteiger partial charge in [0.2, 0.25) is 5.91 Å². The van der Waals surface area contributed by atoms with Crippen LogP contribution in [0.15, 0.2) is 29.8 Å². The van der Waals surface area contributed by atoms with E-state index in [2.05, 4.69) is 49.4 Å². The molecule has 23 heavy (non-hydrogen) atoms. The fourth-order valence-corrected chi connectivity index (χ4v) is 3.27. The summed E-state index contributed by atoms with van der Waals surface area (Å²) in [5.74, 6) is 0.276. The van der Waals surface area contributed by atoms with Gasteiger partial charge in [0.05, 0.1) is 6.42 Å². The number of rotatable bonds is 8. The Kier molecular flexibility index (Phi) is 5.16. The van der Waals surface area contributed by atoms with Crippen LogP contribution in [-0.2, 0) is 17.8 Å². The third-order valence-electron chi connectivity index (χ3n) is 4.76. The van der Waals surface area contributed by atoms with E-state index in [1.165, 1.54) is 28.7 Å². The normalized spacial score (nSPS) is 16.6. The van der Waals surface area contributed by atoms with Gasteiger partial charge >= 0.3 is 0 Å². The van der Waals surface area contributed by atoms with Crippen LogP contribution in [0, 0.1) is 13.3 Å². The Labute approximate surface area is 140 Å². The van der Waals surface area contributed by atoms with Gasteiger partial charge in [0, 0.05) is 32.6 Å². The molecule has 1 amide bonds. The van der Waals surface area contributed by atoms with Gasteiger partial charge in [-0.2, -0.15) is 0 Å². The molecule has 0 saturated carbocycles. The third-order valence-corrected chi connectivity index (χ3v) is 4.76. The maximum atomic E-state index is 12.4. The van der Waals surface area contributed by atoms with E-state index in [9.17, 15) is 4.79 Å². The summed E-state index contributed by atoms with van der Waals surface area (Å²) in [6, 6.07) is 6.49. The van der Waals surface area contributed by atoms with Crippen molar-refractivity contribution in [3.63, 3.8) is 0 Å². The zero-order valence-electron chi connectivity index (χ0n) is 14.3. The number of amides is 1. The van der Waals surface area contributed by atoms with Crippen LogP contribution in [-0.4, -0.2) is 41.9 Å². The van der Waals surface area contributed by atoms with E-state index in [1.807, 2.05) is 4.90 Å². The highest BCUT2D eigenvalue weighted by atomic mass is 16.2. The quantitative estimate of drug-likeness (QED) is 0.736. The van der Waals surface area contributed by atoms with Crippen LogP contribution in [0.2, 0.25) is 0 Å². The van der Waals surface area contributed by atoms with Crippen LogP contribution in [0.1, 0.15) is 36.5 Å². The van der Waals surface area contributed by atoms with Crippen molar-refractivity contribution < 1.29 is 4.79 Å². The van der Waals surface area contributed by atoms with E-state index < -0.39 is 0 Å². The first kappa shape index (κ1) is 16.3. The first-order valence-electron chi connectivity index (χ1n) is 8.78. The summed E-state index contributed by atoms with van der Waals surface area (Å²) in [6.07, 6.45) is 7.26. The second kappa shape index (κ2) is 7.31. The van der Waals surface area contributed by atoms with Crippen molar-refractivity contribution in [2.75, 3.05) is 26.2 Å². The van der Waals surface area contributed by atoms with E-state index in [0.717, 1.165) is 39.1 Å². The molecule has 0 N–H and O–H groups in total. The average Bonchev–Trinajstić information content (AvgIpc) is 3.34. The molecule has 1 radical (unpaired) electrons. The number of benzene rings is 1. The zero-order valence-corrected chi connectivity index (χ0v) is 14.3. The van der Waals surface area contributed by atoms with Crippen LogP contribution in [0.5, 0.6) is 0 Å². The minimum absolute atomic E-state index is 0.276. The summed E-state index contributed by atoms with van der Waals surface area (Å²) < 4.78 is 0. The molecule has 0 saturated heterocycles. The highest BCUT2D eigenvalue weighted by molar-refractivity contribution is 5.81. The Balaban J connectivity index is 1.55. The second-order valence-corrected chi connectivity index (χ2v) is 6.76. The topological polar surface area (TPSA) is 23.6 Å². The van der Waals surface area contributed by atoms with E-state index in [4.69, 9.17) is 0 Å². The van der Waals surface area contributed by atoms with E-state index in [0.29, 0.717) is 6.42 Å². The smallest absolute Gasteiger partial charge is 0.227 e. The summed E-state index contributed by atoms with van der Waals surface area (Å²) in [5, 5.41) is 0. The SMILES string of the molecule is CCCN(CCC1=C[CH]1)CCN1Cc2ccc(C)cc2CC1=O. The lowest BCUT2D eigenvalue weighted by Crippen LogP contribution is -2.42. The molecule has 0 spiro atoms. The van der Waals surface area contributed by atoms with Gasteiger partial charge in [-0.3, -0.25) is 4.79 Å². The maximum Gasteiger partial charge on any atom is 0.227 e. The number of hydrogen-bond acceptors (Lipinski definition) is 2. The highest BCUT2D eigenvalue weighted by Gasteiger charge is 2.23. The highest BCUT2D eigenvalue weighted by Crippen LogP contribution is 2.22. The van der Waals surface area contributed by atoms with Gasteiger partial charge in [-0.15, -0.1) is 0 Å². The van der Waals surface area contributed by atoms with E-state index >= 15 is 0 Å². The van der Waals surface area contributed by atoms with Gasteiger partial charge in [-0.25, -0.2) is 0 Å². The van der Waals surface area contributed by atoms with Gasteiger partial charge in [0.25, 0.3) is 0 Å². The minimum atomic E-state index is 0.276. The molecule has 0 aromatic heterocycles. The number of nitrogens with zero attached hydrogens (tertiary/aromatic N) is 2. The molecule has 0 fully saturated rings. The van der Waals surface area contributed by atoms with Crippen LogP contribution < -0.4 is 0 Å². The summed E-state index contributed by atoms with van der Waals surface area (Å²) >= 11 is 0. The molecule has 1 heterocycles. The lowest BCUT2D eigenvalue weighted by Gasteiger charge is -2.31. The molecule has 0 unspecified atom stereocenters. The molecule has 0 bridgehead atoms. The predicted molar refractivity (Wildman–Crippen MR) is 94.0 cm³/mol. The number of carbonyl (C=O) groups excluding carboxylic acids is 1. The lowest BCUT2D eigenvalue weighted by molar-refractivity contribution is -0.132. The van der Waals surface area contributed by atoms with Crippen LogP contribution in [0.3, 0.4) is 0 Å². The van der Waals surface area contributed by atoms with Crippen molar-refractivity contribution in [3.05, 3.63) is 53.0 Å². The standard InChI is InChI=1S/C20H27N2O/c1-3-9-21(10-8-17-5-6-17)11-12-22-15-18-7-4-16(2)13-19(18)14-20(22)23/h4-7,13H,3,8-12,14-15H2,1-2H3. The Hall–Kier alpha value is -1.61. The molecule has 3 heteroatoms. The van der Waals surface area contributed by atoms with Gasteiger partial charge < -0.3 is 9.80 Å². The summed E-state index contributed by atoms with van der Waals surface area (Å²) in [7, 11) is 0. The van der Waals surface area contributed by atoms with Crippen molar-refractivity contribution in [1.82, 2.24) is 9.80 Å². The van der Waals surface area contributed by atoms with E-state index in [-0.39, 0.29) is 5.91 Å². The van der Waals surface area contributed by atoms with Crippen molar-refractivity contribution in [2.24, 2.45) is 0 Å². The van der Waals surface area contributed by atoms with Crippen LogP contribution in [0.25, 0.3) is 0 Å². The van der Waals surface area contributed by atoms with Crippen LogP contribution >= 0.6 is 0 Å². The first-order valence-corrected chi connectivity index (χ1v) is 8.78. The second-order valence-electron chi connectivity index (χ2n) is 6.76. The van der Waals surface area contributed by atoms with Gasteiger partial charge in [-0.05, 0) is 37.4 Å². The molecule has 0 atom stereocenters. The van der Waals surface area contributed by atoms with Crippen molar-refractivity contribution in [3.8, 4) is 0 Å². The molecule has 3 nitrogen and oxygen atoms in total. The summed E-state index contributed by atoms with van der Waals surface area (Å²) in [6.45, 7) is 9.13. The molecule has 123 valence electrons. The molecule has 1 aromatic carbocycles. The fourth-order valence-electron chi connectivity index (χ4n) is 3.27. The van der Waals surface area contributed by atoms with Crippen molar-refractivity contribution >= 4 is 5.91 Å². The lowest BCUT2D eigenvalue weighted by atomic mass is 9.97. The van der Waals surface area contributed by atoms with Crippen molar-refractivity contribution in [2.45, 2.75) is 39.7 Å². The van der Waals surface area contributed by atoms with Gasteiger partial charge in [-0.1, -0.05) is 42.3 Å². The predicted octanol–water partition coefficient (Wildman–Crippen LogP) is 3.13. The van der Waals surface area contributed by atoms with E-state index in [1.54, 1.807) is 0 Å². The monoisotopic (exact) mass is 311 g/mol. The summed E-state index contributed by atoms with van der Waals surface area (Å²) in [4.78, 5) is 16.9. The largest absolute Gasteiger partial charge is 0.337 e. The number of fused-ring (bicyclic) bond motifs is 1. The molecular formula is C20H27N2O. The number of aryl methyl sites for hydroxylation is 1. The number of carbonyl (C=O) groups is 1. The molecule has 1 aliphatic carbocycles. The molecule has 1 aromatic rings. The Bertz CT molecular complexity index is 606. The Morgan fingerprint density at radius 3 is 2.74 bits per heavy atom. The fraction of sp³-hybridized carbons (Fsp3) is 0.500. The maximum absolute atomic E-state index is 12.4. The Morgan fingerprint density at radius 1 is 1.17 bits per heavy atom. The minimum Gasteiger partial charge on any atom is -0.337 e. The molecule has 2 aliphatic rings. The number of allylic oxidation sites excluding steroid dienone is 1. The van der Waals surface area contributed by atoms with Crippen LogP contribution in [0.4, 0.5) is 0 Å². The third kappa shape index (κ3) is 4.44. The zero-order chi connectivity index (χ0) is 16.2. The van der Waals surface area contributed by atoms with Crippen molar-refractivity contribution in [1.29, 1.82) is 0 Å².